The van der Waals surface area contributed by atoms with Crippen molar-refractivity contribution in [1.82, 2.24) is 4.90 Å². The number of aryl methyl sites for hydroxylation is 1. The smallest absolute Gasteiger partial charge is 0.305 e. The van der Waals surface area contributed by atoms with Crippen molar-refractivity contribution in [1.29, 1.82) is 0 Å². The molecule has 0 bridgehead atoms. The van der Waals surface area contributed by atoms with Crippen LogP contribution in [-0.2, 0) is 22.4 Å². The molecule has 166 valence electrons. The van der Waals surface area contributed by atoms with E-state index in [-0.39, 0.29) is 5.97 Å². The van der Waals surface area contributed by atoms with Crippen molar-refractivity contribution in [3.63, 3.8) is 0 Å². The number of hydrogen-bond acceptors (Lipinski definition) is 4. The van der Waals surface area contributed by atoms with Gasteiger partial charge in [0.1, 0.15) is 5.75 Å². The zero-order valence-corrected chi connectivity index (χ0v) is 18.7. The lowest BCUT2D eigenvalue weighted by atomic mass is 9.88. The maximum Gasteiger partial charge on any atom is 0.305 e. The number of ether oxygens (including phenoxy) is 2. The Labute approximate surface area is 190 Å². The molecule has 0 saturated carbocycles. The number of hydrogen-bond donors (Lipinski definition) is 0. The third-order valence-corrected chi connectivity index (χ3v) is 6.13. The van der Waals surface area contributed by atoms with Crippen LogP contribution in [0, 0.1) is 0 Å². The van der Waals surface area contributed by atoms with Gasteiger partial charge in [0.05, 0.1) is 19.8 Å². The zero-order valence-electron chi connectivity index (χ0n) is 18.7. The highest BCUT2D eigenvalue weighted by atomic mass is 16.5. The van der Waals surface area contributed by atoms with Gasteiger partial charge in [0.25, 0.3) is 0 Å². The van der Waals surface area contributed by atoms with Gasteiger partial charge in [-0.3, -0.25) is 9.69 Å². The van der Waals surface area contributed by atoms with Gasteiger partial charge in [0.15, 0.2) is 0 Å². The van der Waals surface area contributed by atoms with Crippen molar-refractivity contribution >= 4 is 5.97 Å². The van der Waals surface area contributed by atoms with Crippen LogP contribution in [0.5, 0.6) is 5.75 Å². The second kappa shape index (κ2) is 11.0. The van der Waals surface area contributed by atoms with Crippen molar-refractivity contribution in [2.75, 3.05) is 26.8 Å². The number of methoxy groups -OCH3 is 1. The highest BCUT2D eigenvalue weighted by Gasteiger charge is 2.27. The van der Waals surface area contributed by atoms with Gasteiger partial charge >= 0.3 is 5.97 Å². The lowest BCUT2D eigenvalue weighted by molar-refractivity contribution is -0.140. The third-order valence-electron chi connectivity index (χ3n) is 6.13. The largest absolute Gasteiger partial charge is 0.494 e. The molecule has 1 aliphatic heterocycles. The van der Waals surface area contributed by atoms with Crippen LogP contribution >= 0.6 is 0 Å². The first-order valence-corrected chi connectivity index (χ1v) is 11.4. The summed E-state index contributed by atoms with van der Waals surface area (Å²) < 4.78 is 10.7. The molecule has 0 aliphatic carbocycles. The van der Waals surface area contributed by atoms with Crippen LogP contribution < -0.4 is 4.74 Å². The van der Waals surface area contributed by atoms with Gasteiger partial charge < -0.3 is 9.47 Å². The third kappa shape index (κ3) is 5.57. The maximum absolute atomic E-state index is 11.3. The monoisotopic (exact) mass is 429 g/mol. The number of nitrogens with zero attached hydrogens (tertiary/aromatic N) is 1. The van der Waals surface area contributed by atoms with E-state index in [1.54, 1.807) is 0 Å². The first-order valence-electron chi connectivity index (χ1n) is 11.4. The molecule has 1 aliphatic rings. The number of fused-ring (bicyclic) bond motifs is 1. The fraction of sp³-hybridized carbons (Fsp3) is 0.321. The Morgan fingerprint density at radius 2 is 1.72 bits per heavy atom. The molecule has 1 atom stereocenters. The van der Waals surface area contributed by atoms with E-state index in [1.165, 1.54) is 23.8 Å². The SMILES string of the molecule is COC(=O)CCc1ccc(OCCCN2CCc3ccccc3[C@H]2c2ccccc2)cc1. The Morgan fingerprint density at radius 3 is 2.50 bits per heavy atom. The molecule has 4 rings (SSSR count). The standard InChI is InChI=1S/C28H31NO3/c1-31-27(30)17-14-22-12-15-25(16-13-22)32-21-7-19-29-20-18-23-8-5-6-11-26(23)28(29)24-9-3-2-4-10-24/h2-6,8-13,15-16,28H,7,14,17-21H2,1H3/t28-/m1/s1. The average Bonchev–Trinajstić information content (AvgIpc) is 2.86. The molecule has 0 N–H and O–H groups in total. The minimum Gasteiger partial charge on any atom is -0.494 e. The molecular formula is C28H31NO3. The Morgan fingerprint density at radius 1 is 0.969 bits per heavy atom. The van der Waals surface area contributed by atoms with E-state index in [4.69, 9.17) is 9.47 Å². The summed E-state index contributed by atoms with van der Waals surface area (Å²) >= 11 is 0. The Kier molecular flexibility index (Phi) is 7.57. The van der Waals surface area contributed by atoms with Crippen LogP contribution in [0.1, 0.15) is 41.1 Å². The molecule has 0 unspecified atom stereocenters. The van der Waals surface area contributed by atoms with Crippen LogP contribution in [0.3, 0.4) is 0 Å². The summed E-state index contributed by atoms with van der Waals surface area (Å²) in [5, 5.41) is 0. The van der Waals surface area contributed by atoms with Gasteiger partial charge in [0, 0.05) is 19.5 Å². The predicted octanol–water partition coefficient (Wildman–Crippen LogP) is 5.21. The van der Waals surface area contributed by atoms with Crippen molar-refractivity contribution in [3.05, 3.63) is 101 Å². The van der Waals surface area contributed by atoms with Crippen LogP contribution in [0.25, 0.3) is 0 Å². The molecule has 4 heteroatoms. The fourth-order valence-electron chi connectivity index (χ4n) is 4.44. The molecule has 4 nitrogen and oxygen atoms in total. The van der Waals surface area contributed by atoms with E-state index >= 15 is 0 Å². The van der Waals surface area contributed by atoms with Crippen LogP contribution in [0.15, 0.2) is 78.9 Å². The molecular weight excluding hydrogens is 398 g/mol. The lowest BCUT2D eigenvalue weighted by Gasteiger charge is -2.37. The van der Waals surface area contributed by atoms with Crippen molar-refractivity contribution in [2.24, 2.45) is 0 Å². The summed E-state index contributed by atoms with van der Waals surface area (Å²) in [4.78, 5) is 13.9. The highest BCUT2D eigenvalue weighted by Crippen LogP contribution is 2.35. The topological polar surface area (TPSA) is 38.8 Å². The summed E-state index contributed by atoms with van der Waals surface area (Å²) in [6.45, 7) is 2.73. The predicted molar refractivity (Wildman–Crippen MR) is 127 cm³/mol. The van der Waals surface area contributed by atoms with Gasteiger partial charge in [-0.15, -0.1) is 0 Å². The second-order valence-electron chi connectivity index (χ2n) is 8.22. The number of carbonyl (C=O) groups excluding carboxylic acids is 1. The second-order valence-corrected chi connectivity index (χ2v) is 8.22. The van der Waals surface area contributed by atoms with E-state index in [2.05, 4.69) is 59.5 Å². The van der Waals surface area contributed by atoms with E-state index in [0.29, 0.717) is 25.5 Å². The van der Waals surface area contributed by atoms with Gasteiger partial charge in [-0.25, -0.2) is 0 Å². The maximum atomic E-state index is 11.3. The summed E-state index contributed by atoms with van der Waals surface area (Å²) in [6.07, 6.45) is 3.14. The van der Waals surface area contributed by atoms with Crippen molar-refractivity contribution in [2.45, 2.75) is 31.7 Å². The molecule has 32 heavy (non-hydrogen) atoms. The van der Waals surface area contributed by atoms with E-state index in [0.717, 1.165) is 37.2 Å². The molecule has 0 radical (unpaired) electrons. The molecule has 0 aromatic heterocycles. The Balaban J connectivity index is 1.32. The van der Waals surface area contributed by atoms with Crippen molar-refractivity contribution in [3.8, 4) is 5.75 Å². The number of benzene rings is 3. The van der Waals surface area contributed by atoms with Crippen LogP contribution in [0.4, 0.5) is 0 Å². The van der Waals surface area contributed by atoms with Crippen LogP contribution in [0.2, 0.25) is 0 Å². The summed E-state index contributed by atoms with van der Waals surface area (Å²) in [5.74, 6) is 0.690. The Bertz CT molecular complexity index is 1000. The number of esters is 1. The van der Waals surface area contributed by atoms with E-state index < -0.39 is 0 Å². The van der Waals surface area contributed by atoms with Crippen LogP contribution in [-0.4, -0.2) is 37.7 Å². The Hall–Kier alpha value is -3.11. The fourth-order valence-corrected chi connectivity index (χ4v) is 4.44. The lowest BCUT2D eigenvalue weighted by Crippen LogP contribution is -2.37. The normalized spacial score (nSPS) is 15.7. The molecule has 3 aromatic carbocycles. The molecule has 0 fully saturated rings. The first kappa shape index (κ1) is 22.1. The summed E-state index contributed by atoms with van der Waals surface area (Å²) in [5.41, 5.74) is 5.35. The van der Waals surface area contributed by atoms with Gasteiger partial charge in [0.2, 0.25) is 0 Å². The zero-order chi connectivity index (χ0) is 22.2. The van der Waals surface area contributed by atoms with E-state index in [9.17, 15) is 4.79 Å². The minimum atomic E-state index is -0.181. The van der Waals surface area contributed by atoms with Crippen molar-refractivity contribution < 1.29 is 14.3 Å². The summed E-state index contributed by atoms with van der Waals surface area (Å²) in [7, 11) is 1.42. The first-order chi connectivity index (χ1) is 15.7. The highest BCUT2D eigenvalue weighted by molar-refractivity contribution is 5.69. The molecule has 3 aromatic rings. The quantitative estimate of drug-likeness (QED) is 0.346. The molecule has 1 heterocycles. The molecule has 0 saturated heterocycles. The van der Waals surface area contributed by atoms with E-state index in [1.807, 2.05) is 24.3 Å². The molecule has 0 amide bonds. The van der Waals surface area contributed by atoms with Gasteiger partial charge in [-0.05, 0) is 53.6 Å². The minimum absolute atomic E-state index is 0.181. The number of rotatable bonds is 9. The number of carbonyl (C=O) groups is 1. The van der Waals surface area contributed by atoms with Gasteiger partial charge in [-0.1, -0.05) is 66.7 Å². The average molecular weight is 430 g/mol. The molecule has 0 spiro atoms. The van der Waals surface area contributed by atoms with Gasteiger partial charge in [-0.2, -0.15) is 0 Å². The summed E-state index contributed by atoms with van der Waals surface area (Å²) in [6, 6.07) is 27.9.